The minimum Gasteiger partial charge on any atom is -0.410 e. The molecule has 0 aliphatic rings. The predicted molar refractivity (Wildman–Crippen MR) is 135 cm³/mol. The molecule has 7 nitrogen and oxygen atoms in total. The number of rotatable bonds is 6. The minimum absolute atomic E-state index is 0.460. The van der Waals surface area contributed by atoms with Crippen molar-refractivity contribution in [3.05, 3.63) is 132 Å². The van der Waals surface area contributed by atoms with E-state index in [4.69, 9.17) is 35.0 Å². The third-order valence-corrected chi connectivity index (χ3v) is 9.63. The normalized spacial score (nSPS) is 11.6. The maximum absolute atomic E-state index is 12.9. The van der Waals surface area contributed by atoms with E-state index in [9.17, 15) is 4.79 Å². The topological polar surface area (TPSA) is 131 Å². The van der Waals surface area contributed by atoms with Gasteiger partial charge in [-0.05, 0) is 48.5 Å². The first-order valence-corrected chi connectivity index (χ1v) is 14.2. The van der Waals surface area contributed by atoms with Gasteiger partial charge in [-0.1, -0.05) is 84.4 Å². The van der Waals surface area contributed by atoms with Crippen LogP contribution in [-0.2, 0) is 0 Å². The average molecular weight is 558 g/mol. The van der Waals surface area contributed by atoms with Crippen molar-refractivity contribution in [1.29, 1.82) is 0 Å². The number of amides is 1. The van der Waals surface area contributed by atoms with Crippen LogP contribution in [0.2, 0.25) is 0 Å². The van der Waals surface area contributed by atoms with Gasteiger partial charge in [0.25, 0.3) is 0 Å². The van der Waals surface area contributed by atoms with Gasteiger partial charge in [0.2, 0.25) is 0 Å². The van der Waals surface area contributed by atoms with Crippen molar-refractivity contribution in [3.8, 4) is 5.75 Å². The zero-order valence-electron chi connectivity index (χ0n) is 19.3. The van der Waals surface area contributed by atoms with Gasteiger partial charge in [-0.2, -0.15) is 0 Å². The molecule has 190 valence electrons. The van der Waals surface area contributed by atoms with E-state index in [1.807, 2.05) is 72.8 Å². The molecule has 1 N–H and O–H groups in total. The molecule has 4 aromatic carbocycles. The van der Waals surface area contributed by atoms with Gasteiger partial charge < -0.3 is 4.74 Å². The highest BCUT2D eigenvalue weighted by Gasteiger charge is 2.50. The number of para-hydroxylation sites is 1. The Hall–Kier alpha value is -3.26. The molecule has 0 saturated carbocycles. The molecule has 1 amide bonds. The number of carbonyl (C=O) groups is 1. The maximum Gasteiger partial charge on any atom is 0.419 e. The van der Waals surface area contributed by atoms with Crippen molar-refractivity contribution in [2.24, 2.45) is 0 Å². The van der Waals surface area contributed by atoms with Gasteiger partial charge in [0.1, 0.15) is 21.7 Å². The van der Waals surface area contributed by atoms with Crippen molar-refractivity contribution in [2.75, 3.05) is 0 Å². The monoisotopic (exact) mass is 557 g/mol. The van der Waals surface area contributed by atoms with E-state index < -0.39 is 23.6 Å². The fourth-order valence-corrected chi connectivity index (χ4v) is 8.22. The second-order valence-corrected chi connectivity index (χ2v) is 11.7. The molecule has 0 spiro atoms. The van der Waals surface area contributed by atoms with E-state index in [1.165, 1.54) is 5.54 Å². The van der Waals surface area contributed by atoms with Crippen LogP contribution in [0.3, 0.4) is 0 Å². The quantitative estimate of drug-likeness (QED) is 0.352. The Bertz CT molecular complexity index is 1190. The van der Waals surface area contributed by atoms with Crippen LogP contribution in [0.4, 0.5) is 4.79 Å². The summed E-state index contributed by atoms with van der Waals surface area (Å²) in [6.45, 7) is 0. The molecular weight excluding hydrogens is 536 g/mol. The lowest BCUT2D eigenvalue weighted by molar-refractivity contribution is -2.00. The van der Waals surface area contributed by atoms with Gasteiger partial charge in [0.15, 0.2) is 12.7 Å². The van der Waals surface area contributed by atoms with E-state index in [2.05, 4.69) is 41.7 Å². The van der Waals surface area contributed by atoms with Gasteiger partial charge in [0, 0.05) is 0 Å². The standard InChI is InChI=1S/C27H21ClNO2P.ClHO4/c28-21-26(29-27(30)31-22-13-5-1-6-14-22)32(23-15-7-2-8-16-23,24-17-9-3-10-18-24)25-19-11-4-12-20-25;2-1(3,4)5/h1-21H;(H,2,3,4,5)/b26-21+;. The Morgan fingerprint density at radius 1 is 0.676 bits per heavy atom. The van der Waals surface area contributed by atoms with E-state index in [1.54, 1.807) is 12.1 Å². The lowest BCUT2D eigenvalue weighted by atomic mass is 10.3. The summed E-state index contributed by atoms with van der Waals surface area (Å²) in [6, 6.07) is 39.4. The van der Waals surface area contributed by atoms with E-state index >= 15 is 0 Å². The summed E-state index contributed by atoms with van der Waals surface area (Å²) >= 11 is 6.44. The van der Waals surface area contributed by atoms with Crippen LogP contribution in [0, 0.1) is 10.2 Å². The summed E-state index contributed by atoms with van der Waals surface area (Å²) < 4.78 is 39.5. The summed E-state index contributed by atoms with van der Waals surface area (Å²) in [5.41, 5.74) is 2.07. The van der Waals surface area contributed by atoms with Crippen LogP contribution in [0.15, 0.2) is 132 Å². The molecule has 0 bridgehead atoms. The van der Waals surface area contributed by atoms with Gasteiger partial charge in [-0.25, -0.2) is 23.4 Å². The number of carbonyl (C=O) groups excluding carboxylic acids is 1. The van der Waals surface area contributed by atoms with Crippen molar-refractivity contribution in [1.82, 2.24) is 5.32 Å². The Kier molecular flexibility index (Phi) is 10.2. The summed E-state index contributed by atoms with van der Waals surface area (Å²) in [5, 5.41) is 6.19. The molecule has 10 heteroatoms. The summed E-state index contributed by atoms with van der Waals surface area (Å²) in [6.07, 6.45) is -0.588. The van der Waals surface area contributed by atoms with Crippen LogP contribution in [-0.4, -0.2) is 6.09 Å². The molecule has 0 aromatic heterocycles. The lowest BCUT2D eigenvalue weighted by Crippen LogP contribution is -2.68. The third kappa shape index (κ3) is 7.86. The number of nitrogens with one attached hydrogen (secondary N) is 1. The highest BCUT2D eigenvalue weighted by Crippen LogP contribution is 2.61. The SMILES string of the molecule is O=C(N/C(=C\Cl)[P+](c1ccccc1)(c1ccccc1)c1ccccc1)Oc1ccccc1.[O-][Cl+3]([O-])([O-])[O-]. The van der Waals surface area contributed by atoms with Crippen LogP contribution < -0.4 is 44.6 Å². The van der Waals surface area contributed by atoms with E-state index in [0.717, 1.165) is 15.9 Å². The highest BCUT2D eigenvalue weighted by molar-refractivity contribution is 7.99. The second-order valence-electron chi connectivity index (χ2n) is 7.38. The molecule has 37 heavy (non-hydrogen) atoms. The van der Waals surface area contributed by atoms with Gasteiger partial charge in [-0.3, -0.25) is 5.32 Å². The fraction of sp³-hybridized carbons (Fsp3) is 0. The van der Waals surface area contributed by atoms with E-state index in [0.29, 0.717) is 11.2 Å². The van der Waals surface area contributed by atoms with Crippen LogP contribution in [0.5, 0.6) is 5.75 Å². The first-order chi connectivity index (χ1) is 17.7. The highest BCUT2D eigenvalue weighted by atomic mass is 35.7. The molecule has 0 aliphatic carbocycles. The van der Waals surface area contributed by atoms with Gasteiger partial charge >= 0.3 is 6.09 Å². The van der Waals surface area contributed by atoms with Crippen molar-refractivity contribution in [2.45, 2.75) is 0 Å². The lowest BCUT2D eigenvalue weighted by Gasteiger charge is -2.28. The zero-order valence-corrected chi connectivity index (χ0v) is 21.7. The van der Waals surface area contributed by atoms with Crippen molar-refractivity contribution < 1.29 is 38.4 Å². The molecule has 0 radical (unpaired) electrons. The molecule has 0 atom stereocenters. The Morgan fingerprint density at radius 2 is 1.00 bits per heavy atom. The first-order valence-electron chi connectivity index (χ1n) is 10.8. The van der Waals surface area contributed by atoms with Gasteiger partial charge in [-0.15, -0.1) is 10.2 Å². The minimum atomic E-state index is -4.94. The average Bonchev–Trinajstić information content (AvgIpc) is 2.90. The van der Waals surface area contributed by atoms with Gasteiger partial charge in [0.05, 0.1) is 5.54 Å². The van der Waals surface area contributed by atoms with Crippen LogP contribution >= 0.6 is 18.9 Å². The number of hydrogen-bond acceptors (Lipinski definition) is 6. The Morgan fingerprint density at radius 3 is 1.32 bits per heavy atom. The summed E-state index contributed by atoms with van der Waals surface area (Å²) in [5.74, 6) is 0.460. The molecule has 0 heterocycles. The number of halogens is 2. The summed E-state index contributed by atoms with van der Waals surface area (Å²) in [4.78, 5) is 12.9. The summed E-state index contributed by atoms with van der Waals surface area (Å²) in [7, 11) is -7.45. The number of hydrogen-bond donors (Lipinski definition) is 1. The third-order valence-electron chi connectivity index (χ3n) is 5.08. The number of ether oxygens (including phenoxy) is 1. The predicted octanol–water partition coefficient (Wildman–Crippen LogP) is 1.05. The Balaban J connectivity index is 0.000000695. The molecule has 4 rings (SSSR count). The second kappa shape index (κ2) is 13.3. The molecule has 0 aliphatic heterocycles. The molecule has 4 aromatic rings. The largest absolute Gasteiger partial charge is 0.419 e. The smallest absolute Gasteiger partial charge is 0.410 e. The van der Waals surface area contributed by atoms with Crippen LogP contribution in [0.1, 0.15) is 0 Å². The van der Waals surface area contributed by atoms with Crippen molar-refractivity contribution >= 4 is 40.9 Å². The van der Waals surface area contributed by atoms with Crippen LogP contribution in [0.25, 0.3) is 0 Å². The molecular formula is C27H22Cl2NO6P. The first kappa shape index (κ1) is 28.3. The zero-order chi connectivity index (χ0) is 26.7. The Labute approximate surface area is 222 Å². The maximum atomic E-state index is 12.9. The molecule has 0 unspecified atom stereocenters. The van der Waals surface area contributed by atoms with E-state index in [-0.39, 0.29) is 0 Å². The molecule has 0 fully saturated rings. The van der Waals surface area contributed by atoms with Crippen molar-refractivity contribution in [3.63, 3.8) is 0 Å². The fourth-order valence-electron chi connectivity index (χ4n) is 3.73. The number of benzene rings is 4. The molecule has 0 saturated heterocycles.